The Kier molecular flexibility index (Phi) is 4.35. The van der Waals surface area contributed by atoms with E-state index in [2.05, 4.69) is 6.92 Å². The predicted molar refractivity (Wildman–Crippen MR) is 83.9 cm³/mol. The molecule has 1 saturated heterocycles. The minimum absolute atomic E-state index is 0.348. The Morgan fingerprint density at radius 2 is 1.95 bits per heavy atom. The van der Waals surface area contributed by atoms with Gasteiger partial charge in [-0.25, -0.2) is 8.42 Å². The monoisotopic (exact) mass is 330 g/mol. The third-order valence-electron chi connectivity index (χ3n) is 4.89. The van der Waals surface area contributed by atoms with Gasteiger partial charge in [0.25, 0.3) is 0 Å². The SMILES string of the molecule is CCCn1cc(S(=O)(=O)N2CC3CCCC3C2)cc1CCl. The lowest BCUT2D eigenvalue weighted by molar-refractivity contribution is 0.445. The lowest BCUT2D eigenvalue weighted by atomic mass is 10.0. The molecule has 2 aliphatic rings. The second kappa shape index (κ2) is 5.94. The summed E-state index contributed by atoms with van der Waals surface area (Å²) in [7, 11) is -3.36. The van der Waals surface area contributed by atoms with Crippen LogP contribution >= 0.6 is 11.6 Å². The number of alkyl halides is 1. The fourth-order valence-corrected chi connectivity index (χ4v) is 5.61. The Bertz CT molecular complexity index is 599. The van der Waals surface area contributed by atoms with Gasteiger partial charge < -0.3 is 4.57 Å². The van der Waals surface area contributed by atoms with Gasteiger partial charge in [-0.05, 0) is 37.2 Å². The third kappa shape index (κ3) is 2.76. The van der Waals surface area contributed by atoms with Gasteiger partial charge in [-0.3, -0.25) is 0 Å². The minimum atomic E-state index is -3.36. The number of fused-ring (bicyclic) bond motifs is 1. The molecule has 2 heterocycles. The van der Waals surface area contributed by atoms with Gasteiger partial charge in [0.05, 0.1) is 5.88 Å². The summed E-state index contributed by atoms with van der Waals surface area (Å²) in [6, 6.07) is 1.74. The summed E-state index contributed by atoms with van der Waals surface area (Å²) in [5.41, 5.74) is 0.886. The molecule has 3 rings (SSSR count). The molecule has 0 aromatic carbocycles. The molecule has 6 heteroatoms. The molecule has 0 N–H and O–H groups in total. The fraction of sp³-hybridized carbons (Fsp3) is 0.733. The highest BCUT2D eigenvalue weighted by molar-refractivity contribution is 7.89. The molecule has 21 heavy (non-hydrogen) atoms. The Hall–Kier alpha value is -0.520. The first kappa shape index (κ1) is 15.4. The number of nitrogens with zero attached hydrogens (tertiary/aromatic N) is 2. The molecule has 0 amide bonds. The van der Waals surface area contributed by atoms with Crippen molar-refractivity contribution in [3.8, 4) is 0 Å². The third-order valence-corrected chi connectivity index (χ3v) is 6.96. The fourth-order valence-electron chi connectivity index (χ4n) is 3.76. The first-order chi connectivity index (χ1) is 10.1. The largest absolute Gasteiger partial charge is 0.349 e. The summed E-state index contributed by atoms with van der Waals surface area (Å²) in [6.07, 6.45) is 6.34. The van der Waals surface area contributed by atoms with Gasteiger partial charge in [-0.15, -0.1) is 11.6 Å². The average Bonchev–Trinajstić information content (AvgIpc) is 3.12. The van der Waals surface area contributed by atoms with E-state index in [1.54, 1.807) is 16.6 Å². The van der Waals surface area contributed by atoms with E-state index < -0.39 is 10.0 Å². The van der Waals surface area contributed by atoms with Gasteiger partial charge in [0, 0.05) is 31.5 Å². The van der Waals surface area contributed by atoms with E-state index in [1.165, 1.54) is 19.3 Å². The molecule has 2 unspecified atom stereocenters. The van der Waals surface area contributed by atoms with Gasteiger partial charge in [0.2, 0.25) is 10.0 Å². The van der Waals surface area contributed by atoms with Crippen LogP contribution in [0.3, 0.4) is 0 Å². The molecule has 1 aliphatic carbocycles. The van der Waals surface area contributed by atoms with Crippen LogP contribution in [0.4, 0.5) is 0 Å². The average molecular weight is 331 g/mol. The second-order valence-electron chi connectivity index (χ2n) is 6.27. The van der Waals surface area contributed by atoms with Crippen LogP contribution in [0, 0.1) is 11.8 Å². The summed E-state index contributed by atoms with van der Waals surface area (Å²) < 4.78 is 29.3. The second-order valence-corrected chi connectivity index (χ2v) is 8.47. The smallest absolute Gasteiger partial charge is 0.244 e. The first-order valence-corrected chi connectivity index (χ1v) is 9.79. The zero-order valence-electron chi connectivity index (χ0n) is 12.5. The van der Waals surface area contributed by atoms with Crippen LogP contribution in [0.5, 0.6) is 0 Å². The predicted octanol–water partition coefficient (Wildman–Crippen LogP) is 3.06. The number of halogens is 1. The maximum atomic E-state index is 12.8. The lowest BCUT2D eigenvalue weighted by Crippen LogP contribution is -2.29. The molecule has 0 spiro atoms. The van der Waals surface area contributed by atoms with Crippen LogP contribution < -0.4 is 0 Å². The normalized spacial score (nSPS) is 26.4. The summed E-state index contributed by atoms with van der Waals surface area (Å²) in [5.74, 6) is 1.50. The van der Waals surface area contributed by atoms with Crippen LogP contribution in [0.15, 0.2) is 17.2 Å². The highest BCUT2D eigenvalue weighted by Crippen LogP contribution is 2.39. The van der Waals surface area contributed by atoms with Crippen molar-refractivity contribution < 1.29 is 8.42 Å². The van der Waals surface area contributed by atoms with Gasteiger partial charge in [0.15, 0.2) is 0 Å². The zero-order chi connectivity index (χ0) is 15.0. The molecule has 1 aromatic heterocycles. The molecule has 4 nitrogen and oxygen atoms in total. The standard InChI is InChI=1S/C15H23ClN2O2S/c1-2-6-17-11-15(7-14(17)8-16)21(19,20)18-9-12-4-3-5-13(12)10-18/h7,11-13H,2-6,8-10H2,1H3. The number of rotatable bonds is 5. The number of hydrogen-bond donors (Lipinski definition) is 0. The van der Waals surface area contributed by atoms with Gasteiger partial charge in [-0.2, -0.15) is 4.31 Å². The maximum absolute atomic E-state index is 12.8. The molecule has 2 atom stereocenters. The summed E-state index contributed by atoms with van der Waals surface area (Å²) in [6.45, 7) is 4.28. The van der Waals surface area contributed by atoms with E-state index in [9.17, 15) is 8.42 Å². The van der Waals surface area contributed by atoms with Crippen molar-refractivity contribution in [2.24, 2.45) is 11.8 Å². The van der Waals surface area contributed by atoms with Gasteiger partial charge in [-0.1, -0.05) is 13.3 Å². The minimum Gasteiger partial charge on any atom is -0.349 e. The number of sulfonamides is 1. The van der Waals surface area contributed by atoms with Crippen molar-refractivity contribution in [2.75, 3.05) is 13.1 Å². The highest BCUT2D eigenvalue weighted by atomic mass is 35.5. The van der Waals surface area contributed by atoms with Crippen molar-refractivity contribution in [1.82, 2.24) is 8.87 Å². The lowest BCUT2D eigenvalue weighted by Gasteiger charge is -2.16. The Labute approximate surface area is 132 Å². The summed E-state index contributed by atoms with van der Waals surface area (Å²) in [4.78, 5) is 0.409. The van der Waals surface area contributed by atoms with E-state index in [4.69, 9.17) is 11.6 Å². The van der Waals surface area contributed by atoms with Crippen LogP contribution in [0.2, 0.25) is 0 Å². The molecule has 1 aliphatic heterocycles. The summed E-state index contributed by atoms with van der Waals surface area (Å²) in [5, 5.41) is 0. The maximum Gasteiger partial charge on any atom is 0.244 e. The Morgan fingerprint density at radius 1 is 1.29 bits per heavy atom. The topological polar surface area (TPSA) is 42.3 Å². The molecule has 1 aromatic rings. The number of aryl methyl sites for hydroxylation is 1. The first-order valence-electron chi connectivity index (χ1n) is 7.81. The van der Waals surface area contributed by atoms with E-state index in [-0.39, 0.29) is 0 Å². The van der Waals surface area contributed by atoms with E-state index in [0.717, 1.165) is 18.7 Å². The number of aromatic nitrogens is 1. The zero-order valence-corrected chi connectivity index (χ0v) is 14.0. The molecular weight excluding hydrogens is 308 g/mol. The van der Waals surface area contributed by atoms with E-state index in [1.807, 2.05) is 4.57 Å². The van der Waals surface area contributed by atoms with Crippen molar-refractivity contribution in [3.05, 3.63) is 18.0 Å². The number of hydrogen-bond acceptors (Lipinski definition) is 2. The van der Waals surface area contributed by atoms with E-state index in [0.29, 0.717) is 35.7 Å². The van der Waals surface area contributed by atoms with Crippen molar-refractivity contribution in [1.29, 1.82) is 0 Å². The van der Waals surface area contributed by atoms with Crippen LogP contribution in [0.1, 0.15) is 38.3 Å². The Balaban J connectivity index is 1.85. The van der Waals surface area contributed by atoms with Crippen molar-refractivity contribution in [3.63, 3.8) is 0 Å². The molecule has 118 valence electrons. The van der Waals surface area contributed by atoms with Crippen LogP contribution in [-0.2, 0) is 22.4 Å². The quantitative estimate of drug-likeness (QED) is 0.779. The highest BCUT2D eigenvalue weighted by Gasteiger charge is 2.41. The van der Waals surface area contributed by atoms with Gasteiger partial charge in [0.1, 0.15) is 4.90 Å². The molecule has 0 bridgehead atoms. The molecule has 2 fully saturated rings. The van der Waals surface area contributed by atoms with E-state index >= 15 is 0 Å². The van der Waals surface area contributed by atoms with Crippen LogP contribution in [0.25, 0.3) is 0 Å². The van der Waals surface area contributed by atoms with Crippen molar-refractivity contribution >= 4 is 21.6 Å². The molecule has 1 saturated carbocycles. The van der Waals surface area contributed by atoms with Crippen molar-refractivity contribution in [2.45, 2.75) is 49.9 Å². The van der Waals surface area contributed by atoms with Gasteiger partial charge >= 0.3 is 0 Å². The Morgan fingerprint density at radius 3 is 2.52 bits per heavy atom. The molecular formula is C15H23ClN2O2S. The van der Waals surface area contributed by atoms with Crippen LogP contribution in [-0.4, -0.2) is 30.4 Å². The summed E-state index contributed by atoms with van der Waals surface area (Å²) >= 11 is 5.94. The molecule has 0 radical (unpaired) electrons.